The average molecular weight is 402 g/mol. The first-order valence-corrected chi connectivity index (χ1v) is 9.57. The van der Waals surface area contributed by atoms with E-state index in [1.807, 2.05) is 0 Å². The molecule has 4 N–H and O–H groups in total. The van der Waals surface area contributed by atoms with E-state index in [1.165, 1.54) is 13.8 Å². The monoisotopic (exact) mass is 402 g/mol. The number of hydrogen-bond acceptors (Lipinski definition) is 6. The normalized spacial score (nSPS) is 17.3. The van der Waals surface area contributed by atoms with Crippen molar-refractivity contribution >= 4 is 27.8 Å². The Morgan fingerprint density at radius 3 is 2.56 bits per heavy atom. The number of anilines is 1. The molecule has 0 aromatic heterocycles. The number of rotatable bonds is 7. The summed E-state index contributed by atoms with van der Waals surface area (Å²) in [7, 11) is -3.47. The van der Waals surface area contributed by atoms with Gasteiger partial charge in [0.25, 0.3) is 5.91 Å². The molecule has 1 aromatic rings. The van der Waals surface area contributed by atoms with E-state index in [1.54, 1.807) is 0 Å². The summed E-state index contributed by atoms with van der Waals surface area (Å²) in [5, 5.41) is 11.9. The van der Waals surface area contributed by atoms with Crippen molar-refractivity contribution in [1.82, 2.24) is 10.0 Å². The van der Waals surface area contributed by atoms with Crippen LogP contribution in [-0.2, 0) is 19.6 Å². The lowest BCUT2D eigenvalue weighted by Crippen LogP contribution is -2.48. The lowest BCUT2D eigenvalue weighted by Gasteiger charge is -2.28. The van der Waals surface area contributed by atoms with Crippen LogP contribution in [0.4, 0.5) is 14.5 Å². The molecule has 0 radical (unpaired) electrons. The van der Waals surface area contributed by atoms with Crippen LogP contribution in [0.25, 0.3) is 0 Å². The smallest absolute Gasteiger partial charge is 0.293 e. The van der Waals surface area contributed by atoms with E-state index < -0.39 is 38.9 Å². The highest BCUT2D eigenvalue weighted by Gasteiger charge is 2.27. The van der Waals surface area contributed by atoms with Gasteiger partial charge in [-0.05, 0) is 26.0 Å². The van der Waals surface area contributed by atoms with Crippen molar-refractivity contribution in [3.63, 3.8) is 0 Å². The van der Waals surface area contributed by atoms with Crippen LogP contribution in [-0.4, -0.2) is 45.0 Å². The number of allylic oxidation sites excluding steroid dienone is 1. The molecular formula is C16H20F2N4O4S. The van der Waals surface area contributed by atoms with E-state index in [0.717, 1.165) is 18.3 Å². The molecule has 11 heteroatoms. The van der Waals surface area contributed by atoms with E-state index in [2.05, 4.69) is 15.4 Å². The van der Waals surface area contributed by atoms with Crippen molar-refractivity contribution in [2.45, 2.75) is 25.1 Å². The maximum atomic E-state index is 13.2. The number of amides is 1. The van der Waals surface area contributed by atoms with Gasteiger partial charge < -0.3 is 20.8 Å². The van der Waals surface area contributed by atoms with Gasteiger partial charge in [-0.1, -0.05) is 0 Å². The van der Waals surface area contributed by atoms with Gasteiger partial charge in [0, 0.05) is 24.5 Å². The molecule has 1 heterocycles. The molecule has 8 nitrogen and oxygen atoms in total. The third-order valence-electron chi connectivity index (χ3n) is 3.66. The Kier molecular flexibility index (Phi) is 6.50. The third-order valence-corrected chi connectivity index (χ3v) is 5.47. The Morgan fingerprint density at radius 1 is 1.37 bits per heavy atom. The van der Waals surface area contributed by atoms with Gasteiger partial charge in [-0.15, -0.1) is 0 Å². The maximum absolute atomic E-state index is 13.2. The van der Waals surface area contributed by atoms with Gasteiger partial charge in [0.2, 0.25) is 15.8 Å². The molecule has 1 amide bonds. The molecule has 1 unspecified atom stereocenters. The van der Waals surface area contributed by atoms with E-state index >= 15 is 0 Å². The maximum Gasteiger partial charge on any atom is 0.293 e. The van der Waals surface area contributed by atoms with Crippen LogP contribution in [0.1, 0.15) is 13.8 Å². The molecule has 0 saturated heterocycles. The fourth-order valence-corrected chi connectivity index (χ4v) is 2.96. The van der Waals surface area contributed by atoms with Gasteiger partial charge in [0.05, 0.1) is 11.3 Å². The van der Waals surface area contributed by atoms with Crippen molar-refractivity contribution in [1.29, 1.82) is 5.41 Å². The summed E-state index contributed by atoms with van der Waals surface area (Å²) in [6.45, 7) is 3.03. The van der Waals surface area contributed by atoms with Crippen molar-refractivity contribution in [3.05, 3.63) is 41.3 Å². The minimum absolute atomic E-state index is 0.00185. The van der Waals surface area contributed by atoms with Crippen LogP contribution in [0, 0.1) is 17.0 Å². The number of hydrogen-bond donors (Lipinski definition) is 4. The van der Waals surface area contributed by atoms with Gasteiger partial charge in [-0.2, -0.15) is 0 Å². The summed E-state index contributed by atoms with van der Waals surface area (Å²) >= 11 is 0. The largest absolute Gasteiger partial charge is 0.484 e. The molecule has 0 spiro atoms. The number of benzene rings is 1. The fraction of sp³-hybridized carbons (Fsp3) is 0.375. The van der Waals surface area contributed by atoms with Gasteiger partial charge in [-0.3, -0.25) is 4.79 Å². The molecule has 0 bridgehead atoms. The van der Waals surface area contributed by atoms with E-state index in [4.69, 9.17) is 10.1 Å². The first-order chi connectivity index (χ1) is 12.6. The predicted octanol–water partition coefficient (Wildman–Crippen LogP) is 1.08. The molecular weight excluding hydrogens is 382 g/mol. The molecule has 148 valence electrons. The SMILES string of the molecule is CC(C)S(=O)(=O)NCC1COC(C(=O)Nc2cc(F)cc(F)c2)=C(C=N)N1. The summed E-state index contributed by atoms with van der Waals surface area (Å²) in [6, 6.07) is 2.04. The summed E-state index contributed by atoms with van der Waals surface area (Å²) in [5.74, 6) is -2.75. The predicted molar refractivity (Wildman–Crippen MR) is 95.7 cm³/mol. The topological polar surface area (TPSA) is 120 Å². The Morgan fingerprint density at radius 2 is 2.00 bits per heavy atom. The van der Waals surface area contributed by atoms with Crippen LogP contribution in [0.3, 0.4) is 0 Å². The molecule has 1 aliphatic rings. The van der Waals surface area contributed by atoms with Crippen molar-refractivity contribution in [2.75, 3.05) is 18.5 Å². The second-order valence-corrected chi connectivity index (χ2v) is 8.42. The summed E-state index contributed by atoms with van der Waals surface area (Å²) in [6.07, 6.45) is 0.837. The molecule has 1 aliphatic heterocycles. The number of carbonyl (C=O) groups is 1. The zero-order valence-electron chi connectivity index (χ0n) is 14.7. The molecule has 27 heavy (non-hydrogen) atoms. The van der Waals surface area contributed by atoms with Crippen molar-refractivity contribution in [3.8, 4) is 0 Å². The quantitative estimate of drug-likeness (QED) is 0.509. The molecule has 1 atom stereocenters. The minimum atomic E-state index is -3.47. The lowest BCUT2D eigenvalue weighted by molar-refractivity contribution is -0.116. The Bertz CT molecular complexity index is 851. The van der Waals surface area contributed by atoms with Gasteiger partial charge in [0.15, 0.2) is 0 Å². The molecule has 0 fully saturated rings. The number of nitrogens with one attached hydrogen (secondary N) is 4. The number of carbonyl (C=O) groups excluding carboxylic acids is 1. The zero-order valence-corrected chi connectivity index (χ0v) is 15.5. The standard InChI is InChI=1S/C16H20F2N4O4S/c1-9(2)27(24,25)20-7-13-8-26-15(14(6-19)21-13)16(23)22-12-4-10(17)3-11(18)5-12/h3-6,9,13,19-21H,7-8H2,1-2H3,(H,22,23). The molecule has 0 saturated carbocycles. The molecule has 2 rings (SSSR count). The minimum Gasteiger partial charge on any atom is -0.484 e. The van der Waals surface area contributed by atoms with E-state index in [-0.39, 0.29) is 30.3 Å². The van der Waals surface area contributed by atoms with Gasteiger partial charge in [-0.25, -0.2) is 21.9 Å². The first-order valence-electron chi connectivity index (χ1n) is 8.02. The summed E-state index contributed by atoms with van der Waals surface area (Å²) in [4.78, 5) is 12.3. The first kappa shape index (κ1) is 20.8. The average Bonchev–Trinajstić information content (AvgIpc) is 2.58. The summed E-state index contributed by atoms with van der Waals surface area (Å²) < 4.78 is 57.8. The fourth-order valence-electron chi connectivity index (χ4n) is 2.19. The van der Waals surface area contributed by atoms with Crippen molar-refractivity contribution < 1.29 is 26.7 Å². The second kappa shape index (κ2) is 8.44. The number of ether oxygens (including phenoxy) is 1. The van der Waals surface area contributed by atoms with Crippen LogP contribution in [0.5, 0.6) is 0 Å². The van der Waals surface area contributed by atoms with Crippen LogP contribution >= 0.6 is 0 Å². The highest BCUT2D eigenvalue weighted by atomic mass is 32.2. The van der Waals surface area contributed by atoms with Crippen LogP contribution in [0.2, 0.25) is 0 Å². The van der Waals surface area contributed by atoms with E-state index in [9.17, 15) is 22.0 Å². The number of halogens is 2. The number of sulfonamides is 1. The highest BCUT2D eigenvalue weighted by Crippen LogP contribution is 2.17. The summed E-state index contributed by atoms with van der Waals surface area (Å²) in [5.41, 5.74) is -0.0888. The Balaban J connectivity index is 2.07. The zero-order chi connectivity index (χ0) is 20.2. The van der Waals surface area contributed by atoms with Crippen molar-refractivity contribution in [2.24, 2.45) is 0 Å². The highest BCUT2D eigenvalue weighted by molar-refractivity contribution is 7.90. The molecule has 1 aromatic carbocycles. The third kappa shape index (κ3) is 5.47. The van der Waals surface area contributed by atoms with Crippen LogP contribution < -0.4 is 15.4 Å². The molecule has 0 aliphatic carbocycles. The lowest BCUT2D eigenvalue weighted by atomic mass is 10.2. The van der Waals surface area contributed by atoms with Gasteiger partial charge in [0.1, 0.15) is 23.9 Å². The Hall–Kier alpha value is -2.53. The van der Waals surface area contributed by atoms with Gasteiger partial charge >= 0.3 is 0 Å². The Labute approximate surface area is 155 Å². The second-order valence-electron chi connectivity index (χ2n) is 6.09. The van der Waals surface area contributed by atoms with E-state index in [0.29, 0.717) is 6.07 Å². The van der Waals surface area contributed by atoms with Crippen LogP contribution in [0.15, 0.2) is 29.7 Å².